The van der Waals surface area contributed by atoms with Crippen molar-refractivity contribution in [2.24, 2.45) is 5.92 Å². The maximum atomic E-state index is 13.2. The first-order valence-corrected chi connectivity index (χ1v) is 8.59. The summed E-state index contributed by atoms with van der Waals surface area (Å²) in [5, 5.41) is 12.8. The molecule has 0 spiro atoms. The van der Waals surface area contributed by atoms with Crippen molar-refractivity contribution < 1.29 is 14.3 Å². The third-order valence-corrected chi connectivity index (χ3v) is 5.52. The lowest BCUT2D eigenvalue weighted by atomic mass is 9.76. The van der Waals surface area contributed by atoms with Gasteiger partial charge in [0.25, 0.3) is 0 Å². The van der Waals surface area contributed by atoms with Gasteiger partial charge in [0, 0.05) is 10.4 Å². The van der Waals surface area contributed by atoms with E-state index < -0.39 is 5.97 Å². The van der Waals surface area contributed by atoms with Crippen LogP contribution >= 0.6 is 15.9 Å². The molecule has 0 unspecified atom stereocenters. The Bertz CT molecular complexity index is 847. The summed E-state index contributed by atoms with van der Waals surface area (Å²) >= 11 is 3.50. The fraction of sp³-hybridized carbons (Fsp3) is 0.211. The summed E-state index contributed by atoms with van der Waals surface area (Å²) < 4.78 is 14.0. The van der Waals surface area contributed by atoms with E-state index in [-0.39, 0.29) is 23.3 Å². The highest BCUT2D eigenvalue weighted by molar-refractivity contribution is 9.10. The van der Waals surface area contributed by atoms with E-state index in [9.17, 15) is 14.3 Å². The van der Waals surface area contributed by atoms with Crippen LogP contribution in [0.15, 0.2) is 53.0 Å². The van der Waals surface area contributed by atoms with Gasteiger partial charge in [0.2, 0.25) is 0 Å². The number of benzene rings is 2. The van der Waals surface area contributed by atoms with Crippen LogP contribution in [0.4, 0.5) is 10.1 Å². The molecule has 1 aliphatic heterocycles. The molecular weight excluding hydrogens is 373 g/mol. The van der Waals surface area contributed by atoms with Crippen molar-refractivity contribution >= 4 is 27.6 Å². The van der Waals surface area contributed by atoms with E-state index in [0.29, 0.717) is 5.92 Å². The monoisotopic (exact) mass is 387 g/mol. The van der Waals surface area contributed by atoms with Crippen molar-refractivity contribution in [2.45, 2.75) is 18.4 Å². The Labute approximate surface area is 147 Å². The molecule has 1 heterocycles. The largest absolute Gasteiger partial charge is 0.478 e. The van der Waals surface area contributed by atoms with Gasteiger partial charge in [0.05, 0.1) is 17.3 Å². The van der Waals surface area contributed by atoms with Gasteiger partial charge in [-0.2, -0.15) is 0 Å². The number of rotatable bonds is 2. The number of fused-ring (bicyclic) bond motifs is 3. The molecule has 0 saturated heterocycles. The summed E-state index contributed by atoms with van der Waals surface area (Å²) in [6, 6.07) is 10.0. The van der Waals surface area contributed by atoms with Crippen LogP contribution in [0.3, 0.4) is 0 Å². The number of carboxylic acid groups (broad SMARTS) is 1. The molecule has 5 heteroatoms. The van der Waals surface area contributed by atoms with Gasteiger partial charge in [0.1, 0.15) is 5.82 Å². The summed E-state index contributed by atoms with van der Waals surface area (Å²) in [5.41, 5.74) is 3.23. The van der Waals surface area contributed by atoms with Gasteiger partial charge in [0.15, 0.2) is 0 Å². The summed E-state index contributed by atoms with van der Waals surface area (Å²) in [6.07, 6.45) is 5.21. The first kappa shape index (κ1) is 15.4. The molecule has 0 fully saturated rings. The van der Waals surface area contributed by atoms with Crippen LogP contribution in [0.25, 0.3) is 0 Å². The molecule has 4 rings (SSSR count). The molecule has 24 heavy (non-hydrogen) atoms. The van der Waals surface area contributed by atoms with Crippen LogP contribution in [-0.2, 0) is 0 Å². The normalized spacial score (nSPS) is 24.2. The third kappa shape index (κ3) is 2.44. The van der Waals surface area contributed by atoms with Gasteiger partial charge >= 0.3 is 5.97 Å². The maximum absolute atomic E-state index is 13.2. The molecule has 0 bridgehead atoms. The highest BCUT2D eigenvalue weighted by Crippen LogP contribution is 2.51. The Morgan fingerprint density at radius 1 is 1.25 bits per heavy atom. The van der Waals surface area contributed by atoms with E-state index in [4.69, 9.17) is 0 Å². The predicted molar refractivity (Wildman–Crippen MR) is 93.9 cm³/mol. The molecule has 1 aliphatic carbocycles. The van der Waals surface area contributed by atoms with Crippen molar-refractivity contribution in [3.63, 3.8) is 0 Å². The Morgan fingerprint density at radius 3 is 2.71 bits per heavy atom. The molecule has 2 aliphatic rings. The zero-order valence-corrected chi connectivity index (χ0v) is 14.3. The van der Waals surface area contributed by atoms with Gasteiger partial charge in [-0.15, -0.1) is 0 Å². The molecule has 3 atom stereocenters. The average molecular weight is 388 g/mol. The standard InChI is InChI=1S/C19H15BrFNO2/c20-16-9-11(19(23)24)8-15-13-2-1-3-14(13)17(22-18(15)16)10-4-6-12(21)7-5-10/h1-2,4-9,13-14,17,22H,3H2,(H,23,24)/t13-,14+,17-/m1/s1. The number of allylic oxidation sites excluding steroid dienone is 2. The van der Waals surface area contributed by atoms with Gasteiger partial charge < -0.3 is 10.4 Å². The van der Waals surface area contributed by atoms with E-state index >= 15 is 0 Å². The molecule has 122 valence electrons. The number of carbonyl (C=O) groups is 1. The molecule has 2 aromatic rings. The highest BCUT2D eigenvalue weighted by Gasteiger charge is 2.39. The van der Waals surface area contributed by atoms with E-state index in [1.165, 1.54) is 12.1 Å². The topological polar surface area (TPSA) is 49.3 Å². The minimum Gasteiger partial charge on any atom is -0.478 e. The van der Waals surface area contributed by atoms with Crippen LogP contribution in [-0.4, -0.2) is 11.1 Å². The van der Waals surface area contributed by atoms with E-state index in [2.05, 4.69) is 33.4 Å². The molecule has 0 aromatic heterocycles. The molecule has 0 saturated carbocycles. The second-order valence-electron chi connectivity index (χ2n) is 6.25. The van der Waals surface area contributed by atoms with Gasteiger partial charge in [-0.1, -0.05) is 24.3 Å². The number of aromatic carboxylic acids is 1. The van der Waals surface area contributed by atoms with Crippen LogP contribution in [0.1, 0.15) is 39.9 Å². The summed E-state index contributed by atoms with van der Waals surface area (Å²) in [5.74, 6) is -0.730. The Hall–Kier alpha value is -2.14. The lowest BCUT2D eigenvalue weighted by molar-refractivity contribution is 0.0696. The first-order chi connectivity index (χ1) is 11.5. The van der Waals surface area contributed by atoms with Crippen molar-refractivity contribution in [1.29, 1.82) is 0 Å². The van der Waals surface area contributed by atoms with Gasteiger partial charge in [-0.05, 0) is 63.7 Å². The lowest BCUT2D eigenvalue weighted by Gasteiger charge is -2.38. The molecule has 3 nitrogen and oxygen atoms in total. The second-order valence-corrected chi connectivity index (χ2v) is 7.11. The fourth-order valence-electron chi connectivity index (χ4n) is 3.78. The molecule has 2 N–H and O–H groups in total. The SMILES string of the molecule is O=C(O)c1cc(Br)c2c(c1)[C@@H]1C=CC[C@@H]1[C@@H](c1ccc(F)cc1)N2. The van der Waals surface area contributed by atoms with Crippen LogP contribution < -0.4 is 5.32 Å². The Morgan fingerprint density at radius 2 is 2.00 bits per heavy atom. The number of anilines is 1. The minimum atomic E-state index is -0.933. The Balaban J connectivity index is 1.82. The minimum absolute atomic E-state index is 0.0603. The summed E-state index contributed by atoms with van der Waals surface area (Å²) in [4.78, 5) is 11.4. The first-order valence-electron chi connectivity index (χ1n) is 7.80. The van der Waals surface area contributed by atoms with Crippen LogP contribution in [0.5, 0.6) is 0 Å². The van der Waals surface area contributed by atoms with E-state index in [1.807, 2.05) is 12.1 Å². The predicted octanol–water partition coefficient (Wildman–Crippen LogP) is 5.11. The van der Waals surface area contributed by atoms with Gasteiger partial charge in [-0.3, -0.25) is 0 Å². The molecule has 0 radical (unpaired) electrons. The Kier molecular flexibility index (Phi) is 3.68. The zero-order chi connectivity index (χ0) is 16.8. The number of halogens is 2. The molecule has 0 amide bonds. The highest BCUT2D eigenvalue weighted by atomic mass is 79.9. The van der Waals surface area contributed by atoms with Crippen molar-refractivity contribution in [3.8, 4) is 0 Å². The smallest absolute Gasteiger partial charge is 0.335 e. The maximum Gasteiger partial charge on any atom is 0.335 e. The van der Waals surface area contributed by atoms with Crippen LogP contribution in [0, 0.1) is 11.7 Å². The summed E-state index contributed by atoms with van der Waals surface area (Å²) in [6.45, 7) is 0. The van der Waals surface area contributed by atoms with Crippen molar-refractivity contribution in [2.75, 3.05) is 5.32 Å². The fourth-order valence-corrected chi connectivity index (χ4v) is 4.37. The van der Waals surface area contributed by atoms with Crippen molar-refractivity contribution in [3.05, 3.63) is 75.5 Å². The number of hydrogen-bond donors (Lipinski definition) is 2. The number of carboxylic acids is 1. The molecule has 2 aromatic carbocycles. The van der Waals surface area contributed by atoms with Crippen LogP contribution in [0.2, 0.25) is 0 Å². The lowest BCUT2D eigenvalue weighted by Crippen LogP contribution is -2.29. The summed E-state index contributed by atoms with van der Waals surface area (Å²) in [7, 11) is 0. The van der Waals surface area contributed by atoms with Gasteiger partial charge in [-0.25, -0.2) is 9.18 Å². The number of nitrogens with one attached hydrogen (secondary N) is 1. The number of hydrogen-bond acceptors (Lipinski definition) is 2. The molecular formula is C19H15BrFNO2. The third-order valence-electron chi connectivity index (χ3n) is 4.90. The van der Waals surface area contributed by atoms with Crippen molar-refractivity contribution in [1.82, 2.24) is 0 Å². The van der Waals surface area contributed by atoms with E-state index in [0.717, 1.165) is 27.7 Å². The second kappa shape index (κ2) is 5.74. The average Bonchev–Trinajstić information content (AvgIpc) is 3.05. The quantitative estimate of drug-likeness (QED) is 0.703. The zero-order valence-electron chi connectivity index (χ0n) is 12.7. The van der Waals surface area contributed by atoms with E-state index in [1.54, 1.807) is 12.1 Å².